The van der Waals surface area contributed by atoms with Gasteiger partial charge in [0.25, 0.3) is 0 Å². The van der Waals surface area contributed by atoms with Crippen molar-refractivity contribution in [3.8, 4) is 5.75 Å². The first-order chi connectivity index (χ1) is 7.65. The third-order valence-electron chi connectivity index (χ3n) is 3.29. The number of β-amino-alcohol motifs (C(OH)–C–C–N with tert-alkyl or cyclic N) is 1. The maximum atomic E-state index is 10.5. The SMILES string of the molecule is COc1ccc(C2(O)CCCNC2)cc1C. The number of aliphatic hydroxyl groups is 1. The lowest BCUT2D eigenvalue weighted by Crippen LogP contribution is -2.43. The molecule has 0 saturated carbocycles. The third-order valence-corrected chi connectivity index (χ3v) is 3.29. The highest BCUT2D eigenvalue weighted by atomic mass is 16.5. The van der Waals surface area contributed by atoms with Gasteiger partial charge < -0.3 is 15.2 Å². The molecule has 16 heavy (non-hydrogen) atoms. The molecule has 1 fully saturated rings. The second-order valence-corrected chi connectivity index (χ2v) is 4.50. The normalized spacial score (nSPS) is 25.4. The Kier molecular flexibility index (Phi) is 3.17. The van der Waals surface area contributed by atoms with Gasteiger partial charge in [-0.2, -0.15) is 0 Å². The number of methoxy groups -OCH3 is 1. The van der Waals surface area contributed by atoms with E-state index in [0.29, 0.717) is 6.54 Å². The Morgan fingerprint density at radius 2 is 2.25 bits per heavy atom. The van der Waals surface area contributed by atoms with E-state index in [4.69, 9.17) is 4.74 Å². The summed E-state index contributed by atoms with van der Waals surface area (Å²) < 4.78 is 5.22. The van der Waals surface area contributed by atoms with Gasteiger partial charge in [0.15, 0.2) is 0 Å². The van der Waals surface area contributed by atoms with E-state index >= 15 is 0 Å². The van der Waals surface area contributed by atoms with Crippen molar-refractivity contribution in [3.05, 3.63) is 29.3 Å². The minimum absolute atomic E-state index is 0.638. The minimum Gasteiger partial charge on any atom is -0.496 e. The van der Waals surface area contributed by atoms with Gasteiger partial charge in [-0.05, 0) is 49.6 Å². The molecule has 1 atom stereocenters. The predicted molar refractivity (Wildman–Crippen MR) is 63.7 cm³/mol. The van der Waals surface area contributed by atoms with Crippen LogP contribution in [0, 0.1) is 6.92 Å². The first-order valence-corrected chi connectivity index (χ1v) is 5.74. The van der Waals surface area contributed by atoms with Crippen molar-refractivity contribution in [1.29, 1.82) is 0 Å². The van der Waals surface area contributed by atoms with Crippen LogP contribution in [-0.2, 0) is 5.60 Å². The quantitative estimate of drug-likeness (QED) is 0.796. The van der Waals surface area contributed by atoms with Crippen molar-refractivity contribution in [2.45, 2.75) is 25.4 Å². The van der Waals surface area contributed by atoms with E-state index in [1.165, 1.54) is 0 Å². The van der Waals surface area contributed by atoms with Crippen LogP contribution in [0.15, 0.2) is 18.2 Å². The Hall–Kier alpha value is -1.06. The molecule has 1 aromatic carbocycles. The highest BCUT2D eigenvalue weighted by Crippen LogP contribution is 2.31. The fourth-order valence-electron chi connectivity index (χ4n) is 2.30. The van der Waals surface area contributed by atoms with E-state index in [2.05, 4.69) is 5.32 Å². The number of hydrogen-bond acceptors (Lipinski definition) is 3. The van der Waals surface area contributed by atoms with Crippen LogP contribution in [-0.4, -0.2) is 25.3 Å². The van der Waals surface area contributed by atoms with Crippen LogP contribution in [0.3, 0.4) is 0 Å². The van der Waals surface area contributed by atoms with Crippen molar-refractivity contribution in [2.24, 2.45) is 0 Å². The van der Waals surface area contributed by atoms with E-state index in [9.17, 15) is 5.11 Å². The summed E-state index contributed by atoms with van der Waals surface area (Å²) >= 11 is 0. The molecule has 2 N–H and O–H groups in total. The molecule has 1 aliphatic rings. The van der Waals surface area contributed by atoms with Gasteiger partial charge in [0.05, 0.1) is 7.11 Å². The van der Waals surface area contributed by atoms with E-state index in [0.717, 1.165) is 36.3 Å². The molecule has 0 aromatic heterocycles. The van der Waals surface area contributed by atoms with Crippen LogP contribution < -0.4 is 10.1 Å². The molecule has 1 unspecified atom stereocenters. The Morgan fingerprint density at radius 3 is 2.81 bits per heavy atom. The number of hydrogen-bond donors (Lipinski definition) is 2. The van der Waals surface area contributed by atoms with Gasteiger partial charge in [0.1, 0.15) is 11.4 Å². The Bertz CT molecular complexity index is 370. The maximum absolute atomic E-state index is 10.5. The van der Waals surface area contributed by atoms with Crippen LogP contribution >= 0.6 is 0 Å². The number of rotatable bonds is 2. The lowest BCUT2D eigenvalue weighted by molar-refractivity contribution is 0.0122. The van der Waals surface area contributed by atoms with Gasteiger partial charge in [-0.1, -0.05) is 6.07 Å². The largest absolute Gasteiger partial charge is 0.496 e. The fourth-order valence-corrected chi connectivity index (χ4v) is 2.30. The summed E-state index contributed by atoms with van der Waals surface area (Å²) in [6.45, 7) is 3.64. The smallest absolute Gasteiger partial charge is 0.121 e. The average molecular weight is 221 g/mol. The third kappa shape index (κ3) is 2.06. The standard InChI is InChI=1S/C13H19NO2/c1-10-8-11(4-5-12(10)16-2)13(15)6-3-7-14-9-13/h4-5,8,14-15H,3,6-7,9H2,1-2H3. The van der Waals surface area contributed by atoms with Crippen LogP contribution in [0.5, 0.6) is 5.75 Å². The Morgan fingerprint density at radius 1 is 1.44 bits per heavy atom. The molecule has 3 heteroatoms. The molecule has 1 saturated heterocycles. The molecule has 0 radical (unpaired) electrons. The second-order valence-electron chi connectivity index (χ2n) is 4.50. The van der Waals surface area contributed by atoms with Crippen LogP contribution in [0.1, 0.15) is 24.0 Å². The summed E-state index contributed by atoms with van der Waals surface area (Å²) in [6, 6.07) is 5.90. The zero-order valence-corrected chi connectivity index (χ0v) is 9.92. The first-order valence-electron chi connectivity index (χ1n) is 5.74. The van der Waals surface area contributed by atoms with Crippen molar-refractivity contribution in [2.75, 3.05) is 20.2 Å². The zero-order valence-electron chi connectivity index (χ0n) is 9.92. The molecule has 3 nitrogen and oxygen atoms in total. The highest BCUT2D eigenvalue weighted by Gasteiger charge is 2.31. The summed E-state index contributed by atoms with van der Waals surface area (Å²) in [7, 11) is 1.67. The van der Waals surface area contributed by atoms with Gasteiger partial charge in [-0.15, -0.1) is 0 Å². The molecule has 2 rings (SSSR count). The monoisotopic (exact) mass is 221 g/mol. The molecular formula is C13H19NO2. The number of benzene rings is 1. The summed E-state index contributed by atoms with van der Waals surface area (Å²) in [4.78, 5) is 0. The molecule has 0 aliphatic carbocycles. The van der Waals surface area contributed by atoms with E-state index < -0.39 is 5.60 Å². The van der Waals surface area contributed by atoms with E-state index in [1.807, 2.05) is 25.1 Å². The first kappa shape index (κ1) is 11.4. The van der Waals surface area contributed by atoms with Crippen LogP contribution in [0.25, 0.3) is 0 Å². The summed E-state index contributed by atoms with van der Waals surface area (Å²) in [5, 5.41) is 13.8. The molecular weight excluding hydrogens is 202 g/mol. The Balaban J connectivity index is 2.29. The van der Waals surface area contributed by atoms with Gasteiger partial charge in [0.2, 0.25) is 0 Å². The predicted octanol–water partition coefficient (Wildman–Crippen LogP) is 1.57. The molecule has 1 aliphatic heterocycles. The lowest BCUT2D eigenvalue weighted by Gasteiger charge is -2.33. The highest BCUT2D eigenvalue weighted by molar-refractivity contribution is 5.38. The van der Waals surface area contributed by atoms with E-state index in [-0.39, 0.29) is 0 Å². The minimum atomic E-state index is -0.713. The molecule has 0 amide bonds. The fraction of sp³-hybridized carbons (Fsp3) is 0.538. The molecule has 0 bridgehead atoms. The summed E-state index contributed by atoms with van der Waals surface area (Å²) in [5.74, 6) is 0.871. The summed E-state index contributed by atoms with van der Waals surface area (Å²) in [6.07, 6.45) is 1.84. The average Bonchev–Trinajstić information content (AvgIpc) is 2.30. The second kappa shape index (κ2) is 4.44. The molecule has 88 valence electrons. The topological polar surface area (TPSA) is 41.5 Å². The summed E-state index contributed by atoms with van der Waals surface area (Å²) in [5.41, 5.74) is 1.34. The van der Waals surface area contributed by atoms with Crippen molar-refractivity contribution in [1.82, 2.24) is 5.32 Å². The lowest BCUT2D eigenvalue weighted by atomic mass is 9.86. The zero-order chi connectivity index (χ0) is 11.6. The molecule has 1 heterocycles. The van der Waals surface area contributed by atoms with Crippen molar-refractivity contribution < 1.29 is 9.84 Å². The van der Waals surface area contributed by atoms with Crippen LogP contribution in [0.4, 0.5) is 0 Å². The van der Waals surface area contributed by atoms with Crippen molar-refractivity contribution >= 4 is 0 Å². The van der Waals surface area contributed by atoms with Crippen molar-refractivity contribution in [3.63, 3.8) is 0 Å². The van der Waals surface area contributed by atoms with Gasteiger partial charge in [0, 0.05) is 6.54 Å². The van der Waals surface area contributed by atoms with E-state index in [1.54, 1.807) is 7.11 Å². The number of aryl methyl sites for hydroxylation is 1. The Labute approximate surface area is 96.4 Å². The number of nitrogens with one attached hydrogen (secondary N) is 1. The number of piperidine rings is 1. The van der Waals surface area contributed by atoms with Gasteiger partial charge >= 0.3 is 0 Å². The number of ether oxygens (including phenoxy) is 1. The van der Waals surface area contributed by atoms with Gasteiger partial charge in [-0.25, -0.2) is 0 Å². The maximum Gasteiger partial charge on any atom is 0.121 e. The molecule has 1 aromatic rings. The molecule has 0 spiro atoms. The van der Waals surface area contributed by atoms with Gasteiger partial charge in [-0.3, -0.25) is 0 Å². The van der Waals surface area contributed by atoms with Crippen LogP contribution in [0.2, 0.25) is 0 Å².